The fourth-order valence-corrected chi connectivity index (χ4v) is 2.74. The summed E-state index contributed by atoms with van der Waals surface area (Å²) in [7, 11) is 1.43. The van der Waals surface area contributed by atoms with E-state index in [1.807, 2.05) is 12.1 Å². The van der Waals surface area contributed by atoms with Gasteiger partial charge in [0.1, 0.15) is 6.61 Å². The Labute approximate surface area is 164 Å². The Morgan fingerprint density at radius 1 is 0.962 bits per heavy atom. The molecule has 0 saturated heterocycles. The number of hydrogen-bond donors (Lipinski definition) is 3. The van der Waals surface area contributed by atoms with Crippen LogP contribution in [0.5, 0.6) is 0 Å². The van der Waals surface area contributed by atoms with Crippen LogP contribution in [-0.4, -0.2) is 38.0 Å². The maximum absolute atomic E-state index is 12.1. The van der Waals surface area contributed by atoms with Crippen molar-refractivity contribution in [3.05, 3.63) is 57.7 Å². The third kappa shape index (κ3) is 6.12. The molecule has 0 radical (unpaired) electrons. The second kappa shape index (κ2) is 9.88. The molecule has 0 unspecified atom stereocenters. The summed E-state index contributed by atoms with van der Waals surface area (Å²) in [6.07, 6.45) is 0. The molecule has 0 aliphatic carbocycles. The van der Waals surface area contributed by atoms with E-state index in [2.05, 4.69) is 38.5 Å². The Kier molecular flexibility index (Phi) is 7.54. The topological polar surface area (TPSA) is 96.5 Å². The average molecular weight is 467 g/mol. The van der Waals surface area contributed by atoms with E-state index in [9.17, 15) is 14.4 Å². The summed E-state index contributed by atoms with van der Waals surface area (Å²) in [5.74, 6) is -0.976. The minimum Gasteiger partial charge on any atom is -0.375 e. The molecule has 0 aromatic heterocycles. The monoisotopic (exact) mass is 467 g/mol. The number of benzene rings is 2. The van der Waals surface area contributed by atoms with Crippen LogP contribution in [0.2, 0.25) is 0 Å². The molecule has 2 aromatic rings. The molecule has 8 heteroatoms. The van der Waals surface area contributed by atoms with Crippen LogP contribution in [0.25, 0.3) is 0 Å². The summed E-state index contributed by atoms with van der Waals surface area (Å²) in [5, 5.41) is 7.90. The molecular formula is C18H18IN3O4. The first-order valence-corrected chi connectivity index (χ1v) is 8.79. The van der Waals surface area contributed by atoms with Gasteiger partial charge in [-0.1, -0.05) is 18.2 Å². The fraction of sp³-hybridized carbons (Fsp3) is 0.167. The van der Waals surface area contributed by atoms with E-state index in [0.717, 1.165) is 3.57 Å². The normalized spacial score (nSPS) is 10.1. The van der Waals surface area contributed by atoms with E-state index in [4.69, 9.17) is 4.74 Å². The van der Waals surface area contributed by atoms with Gasteiger partial charge < -0.3 is 20.7 Å². The second-order valence-electron chi connectivity index (χ2n) is 5.27. The lowest BCUT2D eigenvalue weighted by Gasteiger charge is -2.10. The molecule has 0 aliphatic rings. The molecule has 0 bridgehead atoms. The number of carbonyl (C=O) groups is 3. The maximum Gasteiger partial charge on any atom is 0.252 e. The minimum atomic E-state index is -0.371. The lowest BCUT2D eigenvalue weighted by molar-refractivity contribution is -0.119. The second-order valence-corrected chi connectivity index (χ2v) is 6.43. The number of nitrogens with one attached hydrogen (secondary N) is 3. The molecule has 7 nitrogen and oxygen atoms in total. The van der Waals surface area contributed by atoms with E-state index < -0.39 is 0 Å². The molecule has 26 heavy (non-hydrogen) atoms. The van der Waals surface area contributed by atoms with Crippen molar-refractivity contribution in [1.29, 1.82) is 0 Å². The van der Waals surface area contributed by atoms with Crippen LogP contribution in [0.15, 0.2) is 48.5 Å². The Morgan fingerprint density at radius 3 is 2.27 bits per heavy atom. The minimum absolute atomic E-state index is 0.0547. The predicted octanol–water partition coefficient (Wildman–Crippen LogP) is 2.24. The molecule has 0 saturated carbocycles. The summed E-state index contributed by atoms with van der Waals surface area (Å²) >= 11 is 2.07. The van der Waals surface area contributed by atoms with Gasteiger partial charge >= 0.3 is 0 Å². The average Bonchev–Trinajstić information content (AvgIpc) is 2.60. The summed E-state index contributed by atoms with van der Waals surface area (Å²) in [6.45, 7) is -0.217. The van der Waals surface area contributed by atoms with Crippen LogP contribution in [0, 0.1) is 3.57 Å². The quantitative estimate of drug-likeness (QED) is 0.545. The van der Waals surface area contributed by atoms with E-state index in [0.29, 0.717) is 16.9 Å². The smallest absolute Gasteiger partial charge is 0.252 e. The standard InChI is InChI=1S/C18H18IN3O4/c1-26-11-17(24)22-13-6-4-5-12(9-13)21-16(23)10-20-18(25)14-7-2-3-8-15(14)19/h2-9H,10-11H2,1H3,(H,20,25)(H,21,23)(H,22,24). The Bertz CT molecular complexity index is 811. The number of hydrogen-bond acceptors (Lipinski definition) is 4. The lowest BCUT2D eigenvalue weighted by Crippen LogP contribution is -2.33. The van der Waals surface area contributed by atoms with Gasteiger partial charge in [0.25, 0.3) is 5.91 Å². The number of rotatable bonds is 7. The molecule has 2 aromatic carbocycles. The third-order valence-corrected chi connectivity index (χ3v) is 4.17. The van der Waals surface area contributed by atoms with Gasteiger partial charge in [-0.15, -0.1) is 0 Å². The van der Waals surface area contributed by atoms with E-state index in [1.54, 1.807) is 36.4 Å². The molecular weight excluding hydrogens is 449 g/mol. The molecule has 136 valence electrons. The molecule has 0 atom stereocenters. The van der Waals surface area contributed by atoms with Gasteiger partial charge in [-0.3, -0.25) is 14.4 Å². The highest BCUT2D eigenvalue weighted by atomic mass is 127. The van der Waals surface area contributed by atoms with Gasteiger partial charge in [0, 0.05) is 22.1 Å². The zero-order valence-corrected chi connectivity index (χ0v) is 16.2. The Hall–Kier alpha value is -2.46. The predicted molar refractivity (Wildman–Crippen MR) is 107 cm³/mol. The largest absolute Gasteiger partial charge is 0.375 e. The van der Waals surface area contributed by atoms with Crippen LogP contribution in [0.1, 0.15) is 10.4 Å². The van der Waals surface area contributed by atoms with Crippen LogP contribution in [0.3, 0.4) is 0 Å². The zero-order chi connectivity index (χ0) is 18.9. The first-order valence-electron chi connectivity index (χ1n) is 7.71. The first kappa shape index (κ1) is 19.9. The number of methoxy groups -OCH3 is 1. The van der Waals surface area contributed by atoms with Crippen LogP contribution in [-0.2, 0) is 14.3 Å². The van der Waals surface area contributed by atoms with E-state index in [-0.39, 0.29) is 30.9 Å². The van der Waals surface area contributed by atoms with E-state index >= 15 is 0 Å². The highest BCUT2D eigenvalue weighted by Crippen LogP contribution is 2.15. The molecule has 3 N–H and O–H groups in total. The molecule has 0 spiro atoms. The fourth-order valence-electron chi connectivity index (χ4n) is 2.11. The van der Waals surface area contributed by atoms with Gasteiger partial charge in [0.05, 0.1) is 12.1 Å². The van der Waals surface area contributed by atoms with Gasteiger partial charge in [0.2, 0.25) is 11.8 Å². The molecule has 3 amide bonds. The highest BCUT2D eigenvalue weighted by molar-refractivity contribution is 14.1. The van der Waals surface area contributed by atoms with Crippen molar-refractivity contribution in [2.75, 3.05) is 30.9 Å². The van der Waals surface area contributed by atoms with Crippen molar-refractivity contribution >= 4 is 51.7 Å². The number of amides is 3. The van der Waals surface area contributed by atoms with Crippen LogP contribution < -0.4 is 16.0 Å². The summed E-state index contributed by atoms with van der Waals surface area (Å²) in [6, 6.07) is 13.8. The summed E-state index contributed by atoms with van der Waals surface area (Å²) in [5.41, 5.74) is 1.56. The number of ether oxygens (including phenoxy) is 1. The van der Waals surface area contributed by atoms with Crippen molar-refractivity contribution in [2.45, 2.75) is 0 Å². The van der Waals surface area contributed by atoms with Crippen molar-refractivity contribution in [2.24, 2.45) is 0 Å². The first-order chi connectivity index (χ1) is 12.5. The van der Waals surface area contributed by atoms with Gasteiger partial charge in [-0.2, -0.15) is 0 Å². The SMILES string of the molecule is COCC(=O)Nc1cccc(NC(=O)CNC(=O)c2ccccc2I)c1. The van der Waals surface area contributed by atoms with Gasteiger partial charge in [0.15, 0.2) is 0 Å². The molecule has 0 heterocycles. The van der Waals surface area contributed by atoms with Crippen LogP contribution in [0.4, 0.5) is 11.4 Å². The maximum atomic E-state index is 12.1. The van der Waals surface area contributed by atoms with Gasteiger partial charge in [-0.05, 0) is 52.9 Å². The number of halogens is 1. The summed E-state index contributed by atoms with van der Waals surface area (Å²) in [4.78, 5) is 35.7. The molecule has 0 aliphatic heterocycles. The van der Waals surface area contributed by atoms with Crippen molar-refractivity contribution in [1.82, 2.24) is 5.32 Å². The Morgan fingerprint density at radius 2 is 1.62 bits per heavy atom. The molecule has 2 rings (SSSR count). The van der Waals surface area contributed by atoms with Gasteiger partial charge in [-0.25, -0.2) is 0 Å². The molecule has 0 fully saturated rings. The van der Waals surface area contributed by atoms with Crippen molar-refractivity contribution in [3.8, 4) is 0 Å². The van der Waals surface area contributed by atoms with E-state index in [1.165, 1.54) is 7.11 Å². The Balaban J connectivity index is 1.89. The van der Waals surface area contributed by atoms with Crippen molar-refractivity contribution < 1.29 is 19.1 Å². The van der Waals surface area contributed by atoms with Crippen LogP contribution >= 0.6 is 22.6 Å². The van der Waals surface area contributed by atoms with Crippen molar-refractivity contribution in [3.63, 3.8) is 0 Å². The number of carbonyl (C=O) groups excluding carboxylic acids is 3. The highest BCUT2D eigenvalue weighted by Gasteiger charge is 2.11. The zero-order valence-electron chi connectivity index (χ0n) is 14.0. The summed E-state index contributed by atoms with van der Waals surface area (Å²) < 4.78 is 5.56. The number of anilines is 2. The third-order valence-electron chi connectivity index (χ3n) is 3.23. The lowest BCUT2D eigenvalue weighted by atomic mass is 10.2.